The lowest BCUT2D eigenvalue weighted by atomic mass is 10.0. The van der Waals surface area contributed by atoms with Crippen molar-refractivity contribution < 1.29 is 9.53 Å². The highest BCUT2D eigenvalue weighted by atomic mass is 35.5. The summed E-state index contributed by atoms with van der Waals surface area (Å²) in [5.41, 5.74) is 0.954. The average Bonchev–Trinajstić information content (AvgIpc) is 2.52. The average molecular weight is 269 g/mol. The quantitative estimate of drug-likeness (QED) is 0.851. The molecule has 1 atom stereocenters. The van der Waals surface area contributed by atoms with Crippen LogP contribution in [0, 0.1) is 0 Å². The number of urea groups is 1. The maximum absolute atomic E-state index is 11.8. The highest BCUT2D eigenvalue weighted by molar-refractivity contribution is 6.30. The van der Waals surface area contributed by atoms with Crippen LogP contribution in [0.4, 0.5) is 4.79 Å². The van der Waals surface area contributed by atoms with Gasteiger partial charge in [0.15, 0.2) is 0 Å². The normalized spacial score (nSPS) is 18.3. The van der Waals surface area contributed by atoms with E-state index in [0.717, 1.165) is 24.2 Å². The zero-order chi connectivity index (χ0) is 13.1. The molecule has 1 aromatic carbocycles. The van der Waals surface area contributed by atoms with Crippen LogP contribution < -0.4 is 10.1 Å². The molecule has 0 saturated carbocycles. The first kappa shape index (κ1) is 13.0. The van der Waals surface area contributed by atoms with Gasteiger partial charge in [-0.05, 0) is 31.0 Å². The van der Waals surface area contributed by atoms with Crippen molar-refractivity contribution in [3.8, 4) is 5.75 Å². The number of amides is 2. The predicted molar refractivity (Wildman–Crippen MR) is 71.1 cm³/mol. The molecule has 2 amide bonds. The lowest BCUT2D eigenvalue weighted by Gasteiger charge is -2.21. The van der Waals surface area contributed by atoms with Gasteiger partial charge in [0.25, 0.3) is 0 Å². The molecule has 0 aromatic heterocycles. The summed E-state index contributed by atoms with van der Waals surface area (Å²) in [5, 5.41) is 3.65. The number of rotatable bonds is 1. The van der Waals surface area contributed by atoms with E-state index in [4.69, 9.17) is 16.3 Å². The smallest absolute Gasteiger partial charge is 0.317 e. The van der Waals surface area contributed by atoms with Crippen LogP contribution in [0.15, 0.2) is 18.2 Å². The van der Waals surface area contributed by atoms with E-state index in [1.807, 2.05) is 12.1 Å². The van der Waals surface area contributed by atoms with Gasteiger partial charge in [0, 0.05) is 24.7 Å². The van der Waals surface area contributed by atoms with Crippen LogP contribution >= 0.6 is 11.6 Å². The molecule has 0 fully saturated rings. The molecule has 0 aliphatic carbocycles. The van der Waals surface area contributed by atoms with Gasteiger partial charge >= 0.3 is 6.03 Å². The Bertz CT molecular complexity index is 449. The first-order valence-electron chi connectivity index (χ1n) is 5.98. The number of carbonyl (C=O) groups excluding carboxylic acids is 1. The van der Waals surface area contributed by atoms with Crippen LogP contribution in [0.3, 0.4) is 0 Å². The zero-order valence-electron chi connectivity index (χ0n) is 10.6. The Balaban J connectivity index is 2.26. The van der Waals surface area contributed by atoms with Crippen LogP contribution in [0.25, 0.3) is 0 Å². The molecular formula is C13H17ClN2O2. The first-order chi connectivity index (χ1) is 8.58. The van der Waals surface area contributed by atoms with Gasteiger partial charge in [0.05, 0.1) is 12.6 Å². The lowest BCUT2D eigenvalue weighted by molar-refractivity contribution is 0.212. The molecule has 0 saturated heterocycles. The highest BCUT2D eigenvalue weighted by Crippen LogP contribution is 2.33. The Hall–Kier alpha value is -1.42. The first-order valence-corrected chi connectivity index (χ1v) is 6.36. The van der Waals surface area contributed by atoms with Gasteiger partial charge in [0.2, 0.25) is 0 Å². The summed E-state index contributed by atoms with van der Waals surface area (Å²) in [6.07, 6.45) is 1.76. The van der Waals surface area contributed by atoms with Crippen LogP contribution in [-0.4, -0.2) is 31.6 Å². The van der Waals surface area contributed by atoms with Gasteiger partial charge in [-0.1, -0.05) is 11.6 Å². The summed E-state index contributed by atoms with van der Waals surface area (Å²) < 4.78 is 5.65. The molecule has 1 aliphatic rings. The van der Waals surface area contributed by atoms with Gasteiger partial charge in [0.1, 0.15) is 5.75 Å². The third-order valence-corrected chi connectivity index (χ3v) is 3.18. The zero-order valence-corrected chi connectivity index (χ0v) is 11.3. The van der Waals surface area contributed by atoms with Crippen molar-refractivity contribution in [2.75, 3.05) is 20.7 Å². The van der Waals surface area contributed by atoms with E-state index in [2.05, 4.69) is 5.32 Å². The Morgan fingerprint density at radius 2 is 2.28 bits per heavy atom. The summed E-state index contributed by atoms with van der Waals surface area (Å²) in [7, 11) is 3.45. The number of fused-ring (bicyclic) bond motifs is 1. The van der Waals surface area contributed by atoms with Gasteiger partial charge < -0.3 is 15.0 Å². The second kappa shape index (κ2) is 5.48. The maximum Gasteiger partial charge on any atom is 0.317 e. The second-order valence-electron chi connectivity index (χ2n) is 4.57. The second-order valence-corrected chi connectivity index (χ2v) is 5.01. The topological polar surface area (TPSA) is 41.6 Å². The van der Waals surface area contributed by atoms with Crippen molar-refractivity contribution in [1.82, 2.24) is 10.2 Å². The number of ether oxygens (including phenoxy) is 1. The number of benzene rings is 1. The predicted octanol–water partition coefficient (Wildman–Crippen LogP) is 2.82. The van der Waals surface area contributed by atoms with E-state index >= 15 is 0 Å². The van der Waals surface area contributed by atoms with E-state index in [-0.39, 0.29) is 12.1 Å². The third-order valence-electron chi connectivity index (χ3n) is 2.95. The maximum atomic E-state index is 11.8. The molecule has 5 heteroatoms. The number of nitrogens with one attached hydrogen (secondary N) is 1. The SMILES string of the molecule is CN(C)C(=O)NC1CCCOc2ccc(Cl)cc21. The van der Waals surface area contributed by atoms with E-state index in [0.29, 0.717) is 11.6 Å². The number of hydrogen-bond acceptors (Lipinski definition) is 2. The number of hydrogen-bond donors (Lipinski definition) is 1. The molecule has 0 bridgehead atoms. The Kier molecular flexibility index (Phi) is 3.97. The molecule has 1 unspecified atom stereocenters. The molecule has 0 spiro atoms. The van der Waals surface area contributed by atoms with Gasteiger partial charge in [-0.3, -0.25) is 0 Å². The monoisotopic (exact) mass is 268 g/mol. The molecule has 18 heavy (non-hydrogen) atoms. The van der Waals surface area contributed by atoms with Crippen molar-refractivity contribution in [2.24, 2.45) is 0 Å². The van der Waals surface area contributed by atoms with Crippen LogP contribution in [0.1, 0.15) is 24.4 Å². The molecule has 1 aliphatic heterocycles. The minimum absolute atomic E-state index is 0.0453. The van der Waals surface area contributed by atoms with Crippen LogP contribution in [0.5, 0.6) is 5.75 Å². The standard InChI is InChI=1S/C13H17ClN2O2/c1-16(2)13(17)15-11-4-3-7-18-12-6-5-9(14)8-10(11)12/h5-6,8,11H,3-4,7H2,1-2H3,(H,15,17). The Morgan fingerprint density at radius 3 is 3.00 bits per heavy atom. The van der Waals surface area contributed by atoms with E-state index < -0.39 is 0 Å². The summed E-state index contributed by atoms with van der Waals surface area (Å²) in [6.45, 7) is 0.670. The van der Waals surface area contributed by atoms with E-state index in [1.54, 1.807) is 20.2 Å². The fourth-order valence-corrected chi connectivity index (χ4v) is 2.16. The summed E-state index contributed by atoms with van der Waals surface area (Å²) in [6, 6.07) is 5.38. The summed E-state index contributed by atoms with van der Waals surface area (Å²) in [4.78, 5) is 13.3. The van der Waals surface area contributed by atoms with E-state index in [9.17, 15) is 4.79 Å². The molecule has 98 valence electrons. The molecular weight excluding hydrogens is 252 g/mol. The number of halogens is 1. The Labute approximate surface area is 112 Å². The number of nitrogens with zero attached hydrogens (tertiary/aromatic N) is 1. The molecule has 1 heterocycles. The largest absolute Gasteiger partial charge is 0.493 e. The number of carbonyl (C=O) groups is 1. The fraction of sp³-hybridized carbons (Fsp3) is 0.462. The molecule has 1 aromatic rings. The lowest BCUT2D eigenvalue weighted by Crippen LogP contribution is -2.37. The van der Waals surface area contributed by atoms with Crippen molar-refractivity contribution in [3.05, 3.63) is 28.8 Å². The fourth-order valence-electron chi connectivity index (χ4n) is 1.98. The van der Waals surface area contributed by atoms with Gasteiger partial charge in [-0.2, -0.15) is 0 Å². The summed E-state index contributed by atoms with van der Waals surface area (Å²) >= 11 is 6.02. The molecule has 1 N–H and O–H groups in total. The Morgan fingerprint density at radius 1 is 1.50 bits per heavy atom. The summed E-state index contributed by atoms with van der Waals surface area (Å²) in [5.74, 6) is 0.806. The van der Waals surface area contributed by atoms with Crippen molar-refractivity contribution >= 4 is 17.6 Å². The van der Waals surface area contributed by atoms with E-state index in [1.165, 1.54) is 4.90 Å². The van der Waals surface area contributed by atoms with Crippen molar-refractivity contribution in [1.29, 1.82) is 0 Å². The molecule has 2 rings (SSSR count). The van der Waals surface area contributed by atoms with Crippen LogP contribution in [-0.2, 0) is 0 Å². The van der Waals surface area contributed by atoms with Crippen molar-refractivity contribution in [3.63, 3.8) is 0 Å². The minimum atomic E-state index is -0.104. The minimum Gasteiger partial charge on any atom is -0.493 e. The van der Waals surface area contributed by atoms with Gasteiger partial charge in [-0.25, -0.2) is 4.79 Å². The van der Waals surface area contributed by atoms with Gasteiger partial charge in [-0.15, -0.1) is 0 Å². The molecule has 0 radical (unpaired) electrons. The highest BCUT2D eigenvalue weighted by Gasteiger charge is 2.22. The van der Waals surface area contributed by atoms with Crippen LogP contribution in [0.2, 0.25) is 5.02 Å². The van der Waals surface area contributed by atoms with Crippen molar-refractivity contribution in [2.45, 2.75) is 18.9 Å². The molecule has 4 nitrogen and oxygen atoms in total. The third kappa shape index (κ3) is 2.88.